The first-order chi connectivity index (χ1) is 3.30. The molecule has 0 unspecified atom stereocenters. The summed E-state index contributed by atoms with van der Waals surface area (Å²) in [6.45, 7) is 0. The molecular formula is C4H9NO2S. The molecule has 4 N–H and O–H groups in total. The maximum absolute atomic E-state index is 9.97. The molecule has 0 amide bonds. The highest BCUT2D eigenvalue weighted by Crippen LogP contribution is 2.23. The average molecular weight is 135 g/mol. The highest BCUT2D eigenvalue weighted by Gasteiger charge is 2.24. The monoisotopic (exact) mass is 135 g/mol. The predicted molar refractivity (Wildman–Crippen MR) is 33.5 cm³/mol. The van der Waals surface area contributed by atoms with Gasteiger partial charge in [0, 0.05) is 11.5 Å². The summed E-state index contributed by atoms with van der Waals surface area (Å²) in [7, 11) is 0. The zero-order valence-corrected chi connectivity index (χ0v) is 5.28. The highest BCUT2D eigenvalue weighted by molar-refractivity contribution is 8.00. The van der Waals surface area contributed by atoms with E-state index in [1.807, 2.05) is 0 Å². The van der Waals surface area contributed by atoms with Crippen molar-refractivity contribution in [2.24, 2.45) is 5.92 Å². The Bertz CT molecular complexity index is 92.0. The van der Waals surface area contributed by atoms with E-state index in [4.69, 9.17) is 5.11 Å². The summed E-state index contributed by atoms with van der Waals surface area (Å²) in [4.78, 5) is 9.97. The third-order valence-electron chi connectivity index (χ3n) is 0.987. The van der Waals surface area contributed by atoms with Crippen molar-refractivity contribution in [2.45, 2.75) is 0 Å². The maximum Gasteiger partial charge on any atom is 0.308 e. The summed E-state index contributed by atoms with van der Waals surface area (Å²) in [5, 5.41) is 8.22. The second kappa shape index (κ2) is 2.94. The van der Waals surface area contributed by atoms with E-state index in [-0.39, 0.29) is 12.1 Å². The first-order valence-electron chi connectivity index (χ1n) is 2.11. The second-order valence-corrected chi connectivity index (χ2v) is 2.65. The van der Waals surface area contributed by atoms with Gasteiger partial charge in [-0.05, 0) is 0 Å². The van der Waals surface area contributed by atoms with Crippen molar-refractivity contribution in [1.82, 2.24) is 6.15 Å². The Labute approximate surface area is 52.0 Å². The van der Waals surface area contributed by atoms with Crippen LogP contribution in [0.25, 0.3) is 0 Å². The fourth-order valence-corrected chi connectivity index (χ4v) is 1.13. The fraction of sp³-hybridized carbons (Fsp3) is 0.750. The fourth-order valence-electron chi connectivity index (χ4n) is 0.378. The van der Waals surface area contributed by atoms with Gasteiger partial charge in [0.05, 0.1) is 5.92 Å². The first-order valence-corrected chi connectivity index (χ1v) is 3.26. The van der Waals surface area contributed by atoms with Gasteiger partial charge in [-0.2, -0.15) is 11.8 Å². The molecule has 1 heterocycles. The molecule has 0 spiro atoms. The molecule has 0 aliphatic carbocycles. The van der Waals surface area contributed by atoms with Crippen LogP contribution in [-0.2, 0) is 4.79 Å². The minimum Gasteiger partial charge on any atom is -0.481 e. The zero-order chi connectivity index (χ0) is 5.28. The van der Waals surface area contributed by atoms with Gasteiger partial charge in [-0.25, -0.2) is 0 Å². The molecule has 0 aromatic heterocycles. The molecular weight excluding hydrogens is 126 g/mol. The number of hydrogen-bond donors (Lipinski definition) is 2. The van der Waals surface area contributed by atoms with Crippen LogP contribution in [0.5, 0.6) is 0 Å². The molecule has 1 aliphatic heterocycles. The summed E-state index contributed by atoms with van der Waals surface area (Å²) in [5.74, 6) is 0.953. The molecule has 0 radical (unpaired) electrons. The Kier molecular flexibility index (Phi) is 2.86. The topological polar surface area (TPSA) is 72.3 Å². The van der Waals surface area contributed by atoms with Crippen molar-refractivity contribution in [3.63, 3.8) is 0 Å². The maximum atomic E-state index is 9.97. The van der Waals surface area contributed by atoms with Crippen LogP contribution in [0.3, 0.4) is 0 Å². The Morgan fingerprint density at radius 1 is 1.62 bits per heavy atom. The Hall–Kier alpha value is -0.220. The van der Waals surface area contributed by atoms with Crippen molar-refractivity contribution >= 4 is 17.7 Å². The molecule has 48 valence electrons. The zero-order valence-electron chi connectivity index (χ0n) is 4.46. The molecule has 1 aliphatic rings. The Morgan fingerprint density at radius 3 is 2.12 bits per heavy atom. The summed E-state index contributed by atoms with van der Waals surface area (Å²) in [6.07, 6.45) is 0. The van der Waals surface area contributed by atoms with E-state index in [1.54, 1.807) is 11.8 Å². The van der Waals surface area contributed by atoms with E-state index in [0.717, 1.165) is 11.5 Å². The number of hydrogen-bond acceptors (Lipinski definition) is 3. The smallest absolute Gasteiger partial charge is 0.308 e. The van der Waals surface area contributed by atoms with E-state index < -0.39 is 5.97 Å². The number of carboxylic acid groups (broad SMARTS) is 1. The average Bonchev–Trinajstić information content (AvgIpc) is 1.23. The van der Waals surface area contributed by atoms with E-state index in [2.05, 4.69) is 0 Å². The number of carbonyl (C=O) groups is 1. The number of rotatable bonds is 1. The van der Waals surface area contributed by atoms with Gasteiger partial charge in [-0.3, -0.25) is 4.79 Å². The normalized spacial score (nSPS) is 18.5. The van der Waals surface area contributed by atoms with E-state index in [9.17, 15) is 4.79 Å². The first kappa shape index (κ1) is 7.78. The van der Waals surface area contributed by atoms with Crippen molar-refractivity contribution in [2.75, 3.05) is 11.5 Å². The van der Waals surface area contributed by atoms with E-state index in [0.29, 0.717) is 0 Å². The van der Waals surface area contributed by atoms with Gasteiger partial charge in [-0.15, -0.1) is 0 Å². The van der Waals surface area contributed by atoms with Crippen LogP contribution in [0.1, 0.15) is 0 Å². The molecule has 0 saturated carbocycles. The number of thioether (sulfide) groups is 1. The van der Waals surface area contributed by atoms with Crippen LogP contribution in [0.2, 0.25) is 0 Å². The second-order valence-electron chi connectivity index (χ2n) is 1.57. The third kappa shape index (κ3) is 1.38. The number of aliphatic carboxylic acids is 1. The lowest BCUT2D eigenvalue weighted by atomic mass is 10.2. The highest BCUT2D eigenvalue weighted by atomic mass is 32.2. The van der Waals surface area contributed by atoms with Crippen LogP contribution in [-0.4, -0.2) is 22.6 Å². The van der Waals surface area contributed by atoms with Crippen molar-refractivity contribution in [3.05, 3.63) is 0 Å². The molecule has 1 rings (SSSR count). The van der Waals surface area contributed by atoms with E-state index >= 15 is 0 Å². The van der Waals surface area contributed by atoms with Gasteiger partial charge >= 0.3 is 5.97 Å². The lowest BCUT2D eigenvalue weighted by Crippen LogP contribution is -2.26. The molecule has 0 aromatic carbocycles. The quantitative estimate of drug-likeness (QED) is 0.552. The predicted octanol–water partition coefficient (Wildman–Crippen LogP) is 0.596. The SMILES string of the molecule is N.O=C(O)C1CSC1. The lowest BCUT2D eigenvalue weighted by Gasteiger charge is -2.19. The Morgan fingerprint density at radius 2 is 2.12 bits per heavy atom. The lowest BCUT2D eigenvalue weighted by molar-refractivity contribution is -0.140. The third-order valence-corrected chi connectivity index (χ3v) is 2.26. The van der Waals surface area contributed by atoms with Gasteiger partial charge in [0.2, 0.25) is 0 Å². The van der Waals surface area contributed by atoms with Gasteiger partial charge in [0.1, 0.15) is 0 Å². The molecule has 3 nitrogen and oxygen atoms in total. The molecule has 0 atom stereocenters. The van der Waals surface area contributed by atoms with Crippen LogP contribution in [0.4, 0.5) is 0 Å². The van der Waals surface area contributed by atoms with Crippen molar-refractivity contribution < 1.29 is 9.90 Å². The standard InChI is InChI=1S/C4H6O2S.H3N/c5-4(6)3-1-7-2-3;/h3H,1-2H2,(H,5,6);1H3. The van der Waals surface area contributed by atoms with Crippen LogP contribution in [0, 0.1) is 5.92 Å². The summed E-state index contributed by atoms with van der Waals surface area (Å²) in [6, 6.07) is 0. The largest absolute Gasteiger partial charge is 0.481 e. The van der Waals surface area contributed by atoms with Gasteiger partial charge in [0.15, 0.2) is 0 Å². The molecule has 0 aromatic rings. The van der Waals surface area contributed by atoms with Crippen LogP contribution < -0.4 is 6.15 Å². The minimum absolute atomic E-state index is 0. The van der Waals surface area contributed by atoms with Crippen molar-refractivity contribution in [3.8, 4) is 0 Å². The minimum atomic E-state index is -0.640. The summed E-state index contributed by atoms with van der Waals surface area (Å²) >= 11 is 1.69. The molecule has 8 heavy (non-hydrogen) atoms. The van der Waals surface area contributed by atoms with Gasteiger partial charge in [0.25, 0.3) is 0 Å². The molecule has 1 saturated heterocycles. The summed E-state index contributed by atoms with van der Waals surface area (Å²) in [5.41, 5.74) is 0. The van der Waals surface area contributed by atoms with Gasteiger partial charge < -0.3 is 11.3 Å². The molecule has 1 fully saturated rings. The number of carboxylic acids is 1. The molecule has 0 bridgehead atoms. The van der Waals surface area contributed by atoms with E-state index in [1.165, 1.54) is 0 Å². The molecule has 4 heteroatoms. The Balaban J connectivity index is 0.000000490. The summed E-state index contributed by atoms with van der Waals surface area (Å²) < 4.78 is 0. The van der Waals surface area contributed by atoms with Gasteiger partial charge in [-0.1, -0.05) is 0 Å². The van der Waals surface area contributed by atoms with Crippen LogP contribution >= 0.6 is 11.8 Å². The van der Waals surface area contributed by atoms with Crippen LogP contribution in [0.15, 0.2) is 0 Å². The van der Waals surface area contributed by atoms with Crippen molar-refractivity contribution in [1.29, 1.82) is 0 Å².